The number of aromatic nitrogens is 4. The second-order valence-electron chi connectivity index (χ2n) is 14.5. The number of hydrogen-bond donors (Lipinski definition) is 4. The van der Waals surface area contributed by atoms with E-state index in [4.69, 9.17) is 19.4 Å². The van der Waals surface area contributed by atoms with Gasteiger partial charge in [0.1, 0.15) is 36.6 Å². The van der Waals surface area contributed by atoms with Crippen molar-refractivity contribution < 1.29 is 33.4 Å². The molecule has 6 aromatic rings. The molecule has 0 radical (unpaired) electrons. The fraction of sp³-hybridized carbons (Fsp3) is 0.318. The van der Waals surface area contributed by atoms with Crippen LogP contribution in [0.15, 0.2) is 79.0 Å². The summed E-state index contributed by atoms with van der Waals surface area (Å²) < 4.78 is 15.8. The van der Waals surface area contributed by atoms with Gasteiger partial charge >= 0.3 is 12.2 Å². The van der Waals surface area contributed by atoms with Crippen molar-refractivity contribution in [3.8, 4) is 28.1 Å². The van der Waals surface area contributed by atoms with Crippen LogP contribution in [-0.2, 0) is 38.8 Å². The van der Waals surface area contributed by atoms with Crippen molar-refractivity contribution in [1.82, 2.24) is 40.4 Å². The van der Waals surface area contributed by atoms with E-state index in [1.807, 2.05) is 69.4 Å². The van der Waals surface area contributed by atoms with Gasteiger partial charge in [-0.3, -0.25) is 9.59 Å². The maximum atomic E-state index is 14.0. The molecule has 4 aromatic carbocycles. The lowest BCUT2D eigenvalue weighted by Crippen LogP contribution is -2.44. The van der Waals surface area contributed by atoms with Crippen molar-refractivity contribution >= 4 is 45.8 Å². The Morgan fingerprint density at radius 3 is 2.44 bits per heavy atom. The molecule has 0 spiro atoms. The summed E-state index contributed by atoms with van der Waals surface area (Å²) in [6.45, 7) is 7.09. The molecule has 59 heavy (non-hydrogen) atoms. The minimum absolute atomic E-state index is 0.0674. The van der Waals surface area contributed by atoms with Crippen LogP contribution in [0.3, 0.4) is 0 Å². The minimum Gasteiger partial charge on any atom is -0.488 e. The highest BCUT2D eigenvalue weighted by atomic mass is 16.5. The van der Waals surface area contributed by atoms with Gasteiger partial charge in [0.15, 0.2) is 0 Å². The number of amides is 4. The molecule has 1 aliphatic rings. The van der Waals surface area contributed by atoms with E-state index in [0.717, 1.165) is 61.9 Å². The molecule has 15 nitrogen and oxygen atoms in total. The average molecular weight is 801 g/mol. The van der Waals surface area contributed by atoms with Crippen molar-refractivity contribution in [3.63, 3.8) is 0 Å². The highest BCUT2D eigenvalue weighted by Gasteiger charge is 2.29. The second-order valence-corrected chi connectivity index (χ2v) is 14.5. The van der Waals surface area contributed by atoms with Gasteiger partial charge in [-0.05, 0) is 66.1 Å². The number of H-pyrrole nitrogens is 2. The van der Waals surface area contributed by atoms with E-state index < -0.39 is 18.2 Å². The molecular weight excluding hydrogens is 753 g/mol. The molecule has 4 amide bonds. The zero-order valence-corrected chi connectivity index (χ0v) is 33.8. The summed E-state index contributed by atoms with van der Waals surface area (Å²) in [6.07, 6.45) is 1.93. The lowest BCUT2D eigenvalue weighted by molar-refractivity contribution is -0.134. The number of rotatable bonds is 14. The van der Waals surface area contributed by atoms with E-state index in [0.29, 0.717) is 36.8 Å². The normalized spacial score (nSPS) is 12.8. The van der Waals surface area contributed by atoms with Gasteiger partial charge in [-0.15, -0.1) is 0 Å². The van der Waals surface area contributed by atoms with Gasteiger partial charge in [-0.25, -0.2) is 19.6 Å². The predicted octanol–water partition coefficient (Wildman–Crippen LogP) is 6.98. The van der Waals surface area contributed by atoms with Crippen molar-refractivity contribution in [3.05, 3.63) is 102 Å². The van der Waals surface area contributed by atoms with Crippen LogP contribution in [-0.4, -0.2) is 87.1 Å². The first-order valence-corrected chi connectivity index (χ1v) is 19.7. The van der Waals surface area contributed by atoms with Crippen molar-refractivity contribution in [2.45, 2.75) is 65.4 Å². The third-order valence-electron chi connectivity index (χ3n) is 10.6. The summed E-state index contributed by atoms with van der Waals surface area (Å²) >= 11 is 0. The molecule has 0 saturated heterocycles. The summed E-state index contributed by atoms with van der Waals surface area (Å²) in [5.74, 6) is 1.50. The van der Waals surface area contributed by atoms with Gasteiger partial charge in [0.05, 0.1) is 44.0 Å². The van der Waals surface area contributed by atoms with Crippen LogP contribution in [0.5, 0.6) is 5.75 Å². The topological polar surface area (TPSA) is 184 Å². The molecule has 0 aliphatic carbocycles. The number of imidazole rings is 2. The summed E-state index contributed by atoms with van der Waals surface area (Å²) in [7, 11) is 2.53. The van der Waals surface area contributed by atoms with Gasteiger partial charge in [0, 0.05) is 35.3 Å². The zero-order chi connectivity index (χ0) is 41.6. The van der Waals surface area contributed by atoms with Crippen LogP contribution in [0.1, 0.15) is 62.4 Å². The first kappa shape index (κ1) is 40.3. The Hall–Kier alpha value is -6.90. The Bertz CT molecular complexity index is 2500. The SMILES string of the molecule is CCCN(Cc1nc2ccc3cc4c(cc3c2[nH]1)OCc1cc(-c2c[nH]c(CN(C(=O)CNC(=O)OC)[C@@H](C)CC)n2)ccc1-4)C(=O)[C@H](NC(=O)OC)c1ccccc1. The number of carbonyl (C=O) groups is 4. The first-order valence-electron chi connectivity index (χ1n) is 19.7. The third kappa shape index (κ3) is 8.68. The number of aromatic amines is 2. The number of nitrogens with one attached hydrogen (secondary N) is 4. The fourth-order valence-electron chi connectivity index (χ4n) is 7.37. The summed E-state index contributed by atoms with van der Waals surface area (Å²) in [6, 6.07) is 22.5. The van der Waals surface area contributed by atoms with Crippen molar-refractivity contribution in [1.29, 1.82) is 0 Å². The zero-order valence-electron chi connectivity index (χ0n) is 33.8. The highest BCUT2D eigenvalue weighted by molar-refractivity contribution is 6.07. The minimum atomic E-state index is -0.925. The molecule has 3 heterocycles. The molecular formula is C44H48N8O7. The Balaban J connectivity index is 1.11. The van der Waals surface area contributed by atoms with E-state index in [-0.39, 0.29) is 37.5 Å². The number of nitrogens with zero attached hydrogens (tertiary/aromatic N) is 4. The number of carbonyl (C=O) groups excluding carboxylic acids is 4. The Labute approximate surface area is 341 Å². The van der Waals surface area contributed by atoms with E-state index >= 15 is 0 Å². The Morgan fingerprint density at radius 2 is 1.69 bits per heavy atom. The van der Waals surface area contributed by atoms with Crippen molar-refractivity contribution in [2.75, 3.05) is 27.3 Å². The standard InChI is InChI=1S/C44H48N8O7/c1-6-17-51(42(54)40(50-44(56)58-5)27-11-9-8-10-12-27)23-38-47-34-16-14-28-19-33-31-15-13-29(18-30(31)25-59-36(33)20-32(28)41(34)49-38)35-21-45-37(48-35)24-52(26(3)7-2)39(53)22-46-43(55)57-4/h8-16,18-21,26,40H,6-7,17,22-25H2,1-5H3,(H,45,48)(H,46,55)(H,47,49)(H,50,56)/t26-,40+/m0/s1. The van der Waals surface area contributed by atoms with Crippen LogP contribution in [0, 0.1) is 0 Å². The van der Waals surface area contributed by atoms with Gasteiger partial charge in [-0.2, -0.15) is 0 Å². The molecule has 1 aliphatic heterocycles. The molecule has 4 N–H and O–H groups in total. The maximum Gasteiger partial charge on any atom is 0.407 e. The van der Waals surface area contributed by atoms with Crippen LogP contribution < -0.4 is 15.4 Å². The highest BCUT2D eigenvalue weighted by Crippen LogP contribution is 2.42. The average Bonchev–Trinajstić information content (AvgIpc) is 3.92. The smallest absolute Gasteiger partial charge is 0.407 e. The number of fused-ring (bicyclic) bond motifs is 6. The second kappa shape index (κ2) is 17.7. The Morgan fingerprint density at radius 1 is 0.898 bits per heavy atom. The Kier molecular flexibility index (Phi) is 12.1. The van der Waals surface area contributed by atoms with Crippen LogP contribution in [0.4, 0.5) is 9.59 Å². The van der Waals surface area contributed by atoms with E-state index in [2.05, 4.69) is 43.5 Å². The molecule has 2 aromatic heterocycles. The summed E-state index contributed by atoms with van der Waals surface area (Å²) in [4.78, 5) is 70.6. The first-order chi connectivity index (χ1) is 28.6. The predicted molar refractivity (Wildman–Crippen MR) is 222 cm³/mol. The van der Waals surface area contributed by atoms with E-state index in [1.165, 1.54) is 14.2 Å². The number of alkyl carbamates (subject to hydrolysis) is 2. The van der Waals surface area contributed by atoms with Crippen molar-refractivity contribution in [2.24, 2.45) is 0 Å². The van der Waals surface area contributed by atoms with Gasteiger partial charge in [-0.1, -0.05) is 62.4 Å². The van der Waals surface area contributed by atoms with Crippen LogP contribution >= 0.6 is 0 Å². The molecule has 2 atom stereocenters. The van der Waals surface area contributed by atoms with E-state index in [9.17, 15) is 19.2 Å². The summed E-state index contributed by atoms with van der Waals surface area (Å²) in [5.41, 5.74) is 6.95. The summed E-state index contributed by atoms with van der Waals surface area (Å²) in [5, 5.41) is 7.11. The number of methoxy groups -OCH3 is 2. The van der Waals surface area contributed by atoms with Crippen LogP contribution in [0.25, 0.3) is 44.2 Å². The number of hydrogen-bond acceptors (Lipinski definition) is 9. The maximum absolute atomic E-state index is 14.0. The molecule has 0 bridgehead atoms. The van der Waals surface area contributed by atoms with Gasteiger partial charge < -0.3 is 44.6 Å². The van der Waals surface area contributed by atoms with Gasteiger partial charge in [0.2, 0.25) is 11.8 Å². The molecule has 15 heteroatoms. The van der Waals surface area contributed by atoms with Crippen LogP contribution in [0.2, 0.25) is 0 Å². The molecule has 0 unspecified atom stereocenters. The molecule has 7 rings (SSSR count). The lowest BCUT2D eigenvalue weighted by Gasteiger charge is -2.27. The molecule has 0 saturated carbocycles. The van der Waals surface area contributed by atoms with Gasteiger partial charge in [0.25, 0.3) is 0 Å². The quantitative estimate of drug-likeness (QED) is 0.0903. The fourth-order valence-corrected chi connectivity index (χ4v) is 7.37. The lowest BCUT2D eigenvalue weighted by atomic mass is 9.92. The molecule has 0 fully saturated rings. The third-order valence-corrected chi connectivity index (χ3v) is 10.6. The largest absolute Gasteiger partial charge is 0.488 e. The number of ether oxygens (including phenoxy) is 3. The molecule has 306 valence electrons. The number of benzene rings is 4. The van der Waals surface area contributed by atoms with E-state index in [1.54, 1.807) is 21.9 Å². The monoisotopic (exact) mass is 800 g/mol.